The third-order valence-electron chi connectivity index (χ3n) is 11.2. The fraction of sp³-hybridized carbons (Fsp3) is 0.111. The molecular weight excluding hydrogens is 691 g/mol. The van der Waals surface area contributed by atoms with E-state index in [0.717, 1.165) is 51.2 Å². The Kier molecular flexibility index (Phi) is 10.6. The molecule has 0 spiro atoms. The highest BCUT2D eigenvalue weighted by Crippen LogP contribution is 2.42. The molecule has 8 aromatic rings. The minimum atomic E-state index is 0.710. The van der Waals surface area contributed by atoms with Crippen molar-refractivity contribution in [3.8, 4) is 11.1 Å². The molecule has 3 nitrogen and oxygen atoms in total. The standard InChI is InChI=1S/C54H47N3/c1-6-16-42(17-7-1)43-26-28-44(29-27-43)45-30-32-50(33-31-45)57(53-38-34-51(35-39-53)55(46-18-8-2-9-19-46)47-20-10-3-11-21-47)54-40-36-52(37-41-54)56(48-22-12-4-13-23-48)49-24-14-5-15-25-49/h2-5,8-15,18-42H,1,6-7,16-17H2. The molecule has 1 aliphatic carbocycles. The maximum Gasteiger partial charge on any atom is 0.0463 e. The average molecular weight is 738 g/mol. The Hall–Kier alpha value is -6.84. The summed E-state index contributed by atoms with van der Waals surface area (Å²) in [4.78, 5) is 6.96. The lowest BCUT2D eigenvalue weighted by atomic mass is 9.84. The predicted molar refractivity (Wildman–Crippen MR) is 242 cm³/mol. The first-order chi connectivity index (χ1) is 28.3. The van der Waals surface area contributed by atoms with Crippen molar-refractivity contribution in [2.45, 2.75) is 38.0 Å². The number of nitrogens with zero attached hydrogens (tertiary/aromatic N) is 3. The van der Waals surface area contributed by atoms with Gasteiger partial charge in [-0.05, 0) is 145 Å². The monoisotopic (exact) mass is 737 g/mol. The molecular formula is C54H47N3. The van der Waals surface area contributed by atoms with Gasteiger partial charge in [0, 0.05) is 51.2 Å². The summed E-state index contributed by atoms with van der Waals surface area (Å²) < 4.78 is 0. The molecule has 3 heteroatoms. The third-order valence-corrected chi connectivity index (χ3v) is 11.2. The van der Waals surface area contributed by atoms with Crippen LogP contribution in [0.2, 0.25) is 0 Å². The molecule has 1 fully saturated rings. The van der Waals surface area contributed by atoms with Gasteiger partial charge in [0.2, 0.25) is 0 Å². The van der Waals surface area contributed by atoms with Gasteiger partial charge in [-0.25, -0.2) is 0 Å². The normalized spacial score (nSPS) is 12.8. The van der Waals surface area contributed by atoms with Crippen LogP contribution in [0.15, 0.2) is 218 Å². The zero-order valence-corrected chi connectivity index (χ0v) is 32.2. The summed E-state index contributed by atoms with van der Waals surface area (Å²) in [5, 5.41) is 0. The van der Waals surface area contributed by atoms with E-state index in [1.165, 1.54) is 48.8 Å². The van der Waals surface area contributed by atoms with Crippen LogP contribution in [0.25, 0.3) is 11.1 Å². The summed E-state index contributed by atoms with van der Waals surface area (Å²) in [5.41, 5.74) is 13.9. The van der Waals surface area contributed by atoms with Crippen LogP contribution in [0.1, 0.15) is 43.6 Å². The van der Waals surface area contributed by atoms with Crippen LogP contribution in [-0.2, 0) is 0 Å². The molecule has 0 aromatic heterocycles. The van der Waals surface area contributed by atoms with E-state index in [-0.39, 0.29) is 0 Å². The molecule has 0 saturated heterocycles. The molecule has 0 amide bonds. The zero-order valence-electron chi connectivity index (χ0n) is 32.2. The van der Waals surface area contributed by atoms with E-state index in [0.29, 0.717) is 5.92 Å². The van der Waals surface area contributed by atoms with Gasteiger partial charge in [0.25, 0.3) is 0 Å². The summed E-state index contributed by atoms with van der Waals surface area (Å²) in [5.74, 6) is 0.710. The van der Waals surface area contributed by atoms with E-state index < -0.39 is 0 Å². The lowest BCUT2D eigenvalue weighted by molar-refractivity contribution is 0.443. The van der Waals surface area contributed by atoms with Crippen LogP contribution >= 0.6 is 0 Å². The summed E-state index contributed by atoms with van der Waals surface area (Å²) in [7, 11) is 0. The Morgan fingerprint density at radius 3 is 0.789 bits per heavy atom. The Balaban J connectivity index is 1.08. The topological polar surface area (TPSA) is 9.72 Å². The summed E-state index contributed by atoms with van der Waals surface area (Å²) >= 11 is 0. The minimum Gasteiger partial charge on any atom is -0.311 e. The Labute approximate surface area is 337 Å². The fourth-order valence-corrected chi connectivity index (χ4v) is 8.34. The Bertz CT molecular complexity index is 2240. The molecule has 1 aliphatic rings. The van der Waals surface area contributed by atoms with Gasteiger partial charge in [0.05, 0.1) is 0 Å². The van der Waals surface area contributed by atoms with E-state index in [1.54, 1.807) is 0 Å². The third kappa shape index (κ3) is 7.97. The predicted octanol–water partition coefficient (Wildman–Crippen LogP) is 15.8. The van der Waals surface area contributed by atoms with Crippen molar-refractivity contribution in [2.24, 2.45) is 0 Å². The maximum absolute atomic E-state index is 2.36. The van der Waals surface area contributed by atoms with E-state index in [9.17, 15) is 0 Å². The second-order valence-electron chi connectivity index (χ2n) is 14.9. The van der Waals surface area contributed by atoms with Crippen molar-refractivity contribution in [3.63, 3.8) is 0 Å². The number of hydrogen-bond donors (Lipinski definition) is 0. The Morgan fingerprint density at radius 2 is 0.491 bits per heavy atom. The van der Waals surface area contributed by atoms with Crippen molar-refractivity contribution >= 4 is 51.2 Å². The van der Waals surface area contributed by atoms with Crippen molar-refractivity contribution in [2.75, 3.05) is 14.7 Å². The molecule has 57 heavy (non-hydrogen) atoms. The quantitative estimate of drug-likeness (QED) is 0.131. The molecule has 8 aromatic carbocycles. The maximum atomic E-state index is 2.36. The zero-order chi connectivity index (χ0) is 38.2. The smallest absolute Gasteiger partial charge is 0.0463 e. The first kappa shape index (κ1) is 35.8. The van der Waals surface area contributed by atoms with Gasteiger partial charge >= 0.3 is 0 Å². The molecule has 9 rings (SSSR count). The molecule has 0 unspecified atom stereocenters. The fourth-order valence-electron chi connectivity index (χ4n) is 8.34. The SMILES string of the molecule is c1ccc(N(c2ccccc2)c2ccc(N(c3ccc(-c4ccc(C5CCCCC5)cc4)cc3)c3ccc(N(c4ccccc4)c4ccccc4)cc3)cc2)cc1. The van der Waals surface area contributed by atoms with Crippen LogP contribution in [0.4, 0.5) is 51.2 Å². The van der Waals surface area contributed by atoms with E-state index in [2.05, 4.69) is 233 Å². The van der Waals surface area contributed by atoms with Gasteiger partial charge in [-0.15, -0.1) is 0 Å². The summed E-state index contributed by atoms with van der Waals surface area (Å²) in [6.45, 7) is 0. The largest absolute Gasteiger partial charge is 0.311 e. The highest BCUT2D eigenvalue weighted by Gasteiger charge is 2.19. The van der Waals surface area contributed by atoms with Gasteiger partial charge in [-0.2, -0.15) is 0 Å². The lowest BCUT2D eigenvalue weighted by Crippen LogP contribution is -2.13. The van der Waals surface area contributed by atoms with E-state index >= 15 is 0 Å². The average Bonchev–Trinajstić information content (AvgIpc) is 3.30. The number of anilines is 9. The highest BCUT2D eigenvalue weighted by molar-refractivity contribution is 5.84. The van der Waals surface area contributed by atoms with Crippen LogP contribution in [0.3, 0.4) is 0 Å². The van der Waals surface area contributed by atoms with Gasteiger partial charge in [0.1, 0.15) is 0 Å². The molecule has 0 radical (unpaired) electrons. The van der Waals surface area contributed by atoms with Gasteiger partial charge < -0.3 is 14.7 Å². The number of para-hydroxylation sites is 4. The van der Waals surface area contributed by atoms with Crippen LogP contribution in [0, 0.1) is 0 Å². The van der Waals surface area contributed by atoms with Crippen LogP contribution in [0.5, 0.6) is 0 Å². The molecule has 0 heterocycles. The van der Waals surface area contributed by atoms with Gasteiger partial charge in [-0.1, -0.05) is 128 Å². The molecule has 0 bridgehead atoms. The molecule has 0 atom stereocenters. The first-order valence-electron chi connectivity index (χ1n) is 20.3. The van der Waals surface area contributed by atoms with Crippen molar-refractivity contribution in [1.82, 2.24) is 0 Å². The highest BCUT2D eigenvalue weighted by atomic mass is 15.2. The second kappa shape index (κ2) is 16.9. The number of hydrogen-bond acceptors (Lipinski definition) is 3. The van der Waals surface area contributed by atoms with Crippen molar-refractivity contribution in [1.29, 1.82) is 0 Å². The summed E-state index contributed by atoms with van der Waals surface area (Å²) in [6, 6.07) is 78.5. The van der Waals surface area contributed by atoms with Crippen molar-refractivity contribution < 1.29 is 0 Å². The van der Waals surface area contributed by atoms with E-state index in [1.807, 2.05) is 0 Å². The second-order valence-corrected chi connectivity index (χ2v) is 14.9. The number of rotatable bonds is 11. The molecule has 0 aliphatic heterocycles. The lowest BCUT2D eigenvalue weighted by Gasteiger charge is -2.29. The van der Waals surface area contributed by atoms with Gasteiger partial charge in [-0.3, -0.25) is 0 Å². The molecule has 1 saturated carbocycles. The Morgan fingerprint density at radius 1 is 0.246 bits per heavy atom. The van der Waals surface area contributed by atoms with Gasteiger partial charge in [0.15, 0.2) is 0 Å². The van der Waals surface area contributed by atoms with Crippen molar-refractivity contribution in [3.05, 3.63) is 224 Å². The van der Waals surface area contributed by atoms with Crippen LogP contribution < -0.4 is 14.7 Å². The van der Waals surface area contributed by atoms with Crippen LogP contribution in [-0.4, -0.2) is 0 Å². The molecule has 0 N–H and O–H groups in total. The first-order valence-corrected chi connectivity index (χ1v) is 20.3. The van der Waals surface area contributed by atoms with E-state index in [4.69, 9.17) is 0 Å². The molecule has 278 valence electrons. The summed E-state index contributed by atoms with van der Waals surface area (Å²) in [6.07, 6.45) is 6.72. The number of benzene rings is 8. The minimum absolute atomic E-state index is 0.710.